The van der Waals surface area contributed by atoms with Crippen LogP contribution in [0.2, 0.25) is 0 Å². The van der Waals surface area contributed by atoms with Gasteiger partial charge in [0.1, 0.15) is 12.2 Å². The molecule has 0 fully saturated rings. The quantitative estimate of drug-likeness (QED) is 0.652. The van der Waals surface area contributed by atoms with Crippen LogP contribution < -0.4 is 10.6 Å². The van der Waals surface area contributed by atoms with E-state index >= 15 is 0 Å². The van der Waals surface area contributed by atoms with Gasteiger partial charge in [-0.3, -0.25) is 0 Å². The van der Waals surface area contributed by atoms with E-state index in [9.17, 15) is 0 Å². The highest BCUT2D eigenvalue weighted by Crippen LogP contribution is 2.11. The summed E-state index contributed by atoms with van der Waals surface area (Å²) in [5.41, 5.74) is 1.74. The average Bonchev–Trinajstić information content (AvgIpc) is 3.08. The van der Waals surface area contributed by atoms with Crippen LogP contribution in [-0.2, 0) is 19.5 Å². The molecule has 1 aromatic carbocycles. The minimum Gasteiger partial charge on any atom is -0.357 e. The number of fused-ring (bicyclic) bond motifs is 1. The lowest BCUT2D eigenvalue weighted by molar-refractivity contribution is 0.392. The highest BCUT2D eigenvalue weighted by atomic mass is 15.4. The van der Waals surface area contributed by atoms with Gasteiger partial charge in [0.25, 0.3) is 0 Å². The number of nitriles is 1. The normalized spacial score (nSPS) is 17.0. The summed E-state index contributed by atoms with van der Waals surface area (Å²) < 4.78 is 1.95. The molecule has 1 unspecified atom stereocenters. The fraction of sp³-hybridized carbons (Fsp3) is 0.412. The first-order valence-electron chi connectivity index (χ1n) is 8.19. The molecular formula is C17H21N7. The smallest absolute Gasteiger partial charge is 0.191 e. The van der Waals surface area contributed by atoms with Crippen LogP contribution in [0.4, 0.5) is 0 Å². The van der Waals surface area contributed by atoms with Gasteiger partial charge in [0, 0.05) is 19.0 Å². The summed E-state index contributed by atoms with van der Waals surface area (Å²) in [5.74, 6) is 1.85. The number of nitrogens with zero attached hydrogens (tertiary/aromatic N) is 5. The van der Waals surface area contributed by atoms with Gasteiger partial charge in [-0.25, -0.2) is 14.7 Å². The molecule has 1 atom stereocenters. The van der Waals surface area contributed by atoms with Gasteiger partial charge in [0.05, 0.1) is 24.7 Å². The third-order valence-corrected chi connectivity index (χ3v) is 3.99. The summed E-state index contributed by atoms with van der Waals surface area (Å²) in [6.45, 7) is 4.23. The maximum atomic E-state index is 8.84. The molecule has 0 radical (unpaired) electrons. The molecule has 24 heavy (non-hydrogen) atoms. The SMILES string of the molecule is CCNC(=NCc1ccc(C#N)cc1)NC1CCc2ncnn2C1. The number of aliphatic imine (C=N–C) groups is 1. The average molecular weight is 323 g/mol. The van der Waals surface area contributed by atoms with E-state index < -0.39 is 0 Å². The van der Waals surface area contributed by atoms with Crippen LogP contribution in [0.25, 0.3) is 0 Å². The predicted molar refractivity (Wildman–Crippen MR) is 91.2 cm³/mol. The third kappa shape index (κ3) is 3.90. The molecule has 3 rings (SSSR count). The van der Waals surface area contributed by atoms with Crippen LogP contribution in [0.1, 0.15) is 30.3 Å². The highest BCUT2D eigenvalue weighted by Gasteiger charge is 2.20. The third-order valence-electron chi connectivity index (χ3n) is 3.99. The van der Waals surface area contributed by atoms with Crippen LogP contribution in [0.3, 0.4) is 0 Å². The second-order valence-electron chi connectivity index (χ2n) is 5.74. The Morgan fingerprint density at radius 2 is 2.25 bits per heavy atom. The summed E-state index contributed by atoms with van der Waals surface area (Å²) in [4.78, 5) is 8.90. The highest BCUT2D eigenvalue weighted by molar-refractivity contribution is 5.80. The zero-order chi connectivity index (χ0) is 16.8. The van der Waals surface area contributed by atoms with Gasteiger partial charge in [0.15, 0.2) is 5.96 Å². The van der Waals surface area contributed by atoms with Crippen molar-refractivity contribution in [1.29, 1.82) is 5.26 Å². The number of hydrogen-bond donors (Lipinski definition) is 2. The molecule has 1 aliphatic rings. The maximum absolute atomic E-state index is 8.84. The molecule has 2 heterocycles. The number of rotatable bonds is 4. The molecule has 2 N–H and O–H groups in total. The zero-order valence-electron chi connectivity index (χ0n) is 13.7. The zero-order valence-corrected chi connectivity index (χ0v) is 13.7. The molecule has 2 aromatic rings. The largest absolute Gasteiger partial charge is 0.357 e. The maximum Gasteiger partial charge on any atom is 0.191 e. The first-order valence-corrected chi connectivity index (χ1v) is 8.19. The lowest BCUT2D eigenvalue weighted by atomic mass is 10.1. The lowest BCUT2D eigenvalue weighted by Gasteiger charge is -2.25. The van der Waals surface area contributed by atoms with Gasteiger partial charge >= 0.3 is 0 Å². The Bertz CT molecular complexity index is 739. The van der Waals surface area contributed by atoms with Crippen molar-refractivity contribution >= 4 is 5.96 Å². The molecule has 124 valence electrons. The Kier molecular flexibility index (Phi) is 5.06. The van der Waals surface area contributed by atoms with Crippen molar-refractivity contribution in [1.82, 2.24) is 25.4 Å². The molecule has 1 aliphatic heterocycles. The number of benzene rings is 1. The van der Waals surface area contributed by atoms with Crippen molar-refractivity contribution in [2.45, 2.75) is 38.9 Å². The van der Waals surface area contributed by atoms with E-state index in [0.29, 0.717) is 12.1 Å². The fourth-order valence-electron chi connectivity index (χ4n) is 2.72. The molecule has 0 bridgehead atoms. The number of guanidine groups is 1. The molecule has 0 amide bonds. The molecule has 0 saturated carbocycles. The Hall–Kier alpha value is -2.88. The van der Waals surface area contributed by atoms with Gasteiger partial charge in [-0.2, -0.15) is 10.4 Å². The Morgan fingerprint density at radius 3 is 3.00 bits per heavy atom. The van der Waals surface area contributed by atoms with E-state index in [-0.39, 0.29) is 6.04 Å². The molecule has 7 nitrogen and oxygen atoms in total. The summed E-state index contributed by atoms with van der Waals surface area (Å²) in [6, 6.07) is 9.93. The molecule has 0 saturated heterocycles. The summed E-state index contributed by atoms with van der Waals surface area (Å²) in [5, 5.41) is 19.9. The Labute approximate surface area is 141 Å². The van der Waals surface area contributed by atoms with Gasteiger partial charge < -0.3 is 10.6 Å². The second kappa shape index (κ2) is 7.59. The van der Waals surface area contributed by atoms with Crippen LogP contribution in [0.15, 0.2) is 35.6 Å². The standard InChI is InChI=1S/C17H21N7/c1-2-19-17(20-10-14-5-3-13(9-18)4-6-14)23-15-7-8-16-21-12-22-24(16)11-15/h3-6,12,15H,2,7-8,10-11H2,1H3,(H2,19,20,23). The lowest BCUT2D eigenvalue weighted by Crippen LogP contribution is -2.47. The fourth-order valence-corrected chi connectivity index (χ4v) is 2.72. The van der Waals surface area contributed by atoms with E-state index in [2.05, 4.69) is 38.7 Å². The van der Waals surface area contributed by atoms with Gasteiger partial charge in [-0.1, -0.05) is 12.1 Å². The van der Waals surface area contributed by atoms with Crippen molar-refractivity contribution < 1.29 is 0 Å². The summed E-state index contributed by atoms with van der Waals surface area (Å²) >= 11 is 0. The minimum absolute atomic E-state index is 0.290. The summed E-state index contributed by atoms with van der Waals surface area (Å²) in [7, 11) is 0. The topological polar surface area (TPSA) is 90.9 Å². The summed E-state index contributed by atoms with van der Waals surface area (Å²) in [6.07, 6.45) is 3.55. The number of aromatic nitrogens is 3. The van der Waals surface area contributed by atoms with Gasteiger partial charge in [-0.05, 0) is 31.0 Å². The van der Waals surface area contributed by atoms with E-state index in [0.717, 1.165) is 43.3 Å². The Morgan fingerprint density at radius 1 is 1.42 bits per heavy atom. The van der Waals surface area contributed by atoms with Crippen molar-refractivity contribution in [3.63, 3.8) is 0 Å². The first kappa shape index (κ1) is 16.0. The van der Waals surface area contributed by atoms with Crippen molar-refractivity contribution in [3.8, 4) is 6.07 Å². The predicted octanol–water partition coefficient (Wildman–Crippen LogP) is 1.22. The number of aryl methyl sites for hydroxylation is 1. The first-order chi connectivity index (χ1) is 11.8. The van der Waals surface area contributed by atoms with E-state index in [1.165, 1.54) is 0 Å². The van der Waals surface area contributed by atoms with Gasteiger partial charge in [0.2, 0.25) is 0 Å². The number of nitrogens with one attached hydrogen (secondary N) is 2. The van der Waals surface area contributed by atoms with Crippen LogP contribution in [0, 0.1) is 11.3 Å². The van der Waals surface area contributed by atoms with Gasteiger partial charge in [-0.15, -0.1) is 0 Å². The van der Waals surface area contributed by atoms with E-state index in [1.54, 1.807) is 6.33 Å². The molecule has 1 aromatic heterocycles. The molecule has 0 aliphatic carbocycles. The molecule has 0 spiro atoms. The van der Waals surface area contributed by atoms with Crippen molar-refractivity contribution in [2.24, 2.45) is 4.99 Å². The van der Waals surface area contributed by atoms with Crippen LogP contribution >= 0.6 is 0 Å². The van der Waals surface area contributed by atoms with E-state index in [4.69, 9.17) is 5.26 Å². The monoisotopic (exact) mass is 323 g/mol. The van der Waals surface area contributed by atoms with Crippen molar-refractivity contribution in [2.75, 3.05) is 6.54 Å². The minimum atomic E-state index is 0.290. The van der Waals surface area contributed by atoms with Crippen LogP contribution in [0.5, 0.6) is 0 Å². The van der Waals surface area contributed by atoms with Crippen LogP contribution in [-0.4, -0.2) is 33.3 Å². The second-order valence-corrected chi connectivity index (χ2v) is 5.74. The van der Waals surface area contributed by atoms with Crippen molar-refractivity contribution in [3.05, 3.63) is 47.5 Å². The van der Waals surface area contributed by atoms with E-state index in [1.807, 2.05) is 28.9 Å². The Balaban J connectivity index is 1.62. The molecular weight excluding hydrogens is 302 g/mol. The number of hydrogen-bond acceptors (Lipinski definition) is 4. The molecule has 7 heteroatoms.